The molecule has 0 radical (unpaired) electrons. The molecule has 2 aromatic heterocycles. The van der Waals surface area contributed by atoms with Crippen molar-refractivity contribution < 1.29 is 48.8 Å². The maximum absolute atomic E-state index is 13.5. The molecule has 0 aliphatic rings. The Morgan fingerprint density at radius 3 is 2.00 bits per heavy atom. The second kappa shape index (κ2) is 8.45. The molecule has 5 N–H and O–H groups in total. The number of carboxylic acid groups (broad SMARTS) is 1. The number of hydrogen-bond donors (Lipinski definition) is 5. The molecule has 0 unspecified atom stereocenters. The zero-order chi connectivity index (χ0) is 28.5. The lowest BCUT2D eigenvalue weighted by atomic mass is 9.88. The molecule has 0 spiro atoms. The monoisotopic (exact) mass is 532 g/mol. The molecule has 0 aliphatic heterocycles. The van der Waals surface area contributed by atoms with Gasteiger partial charge in [-0.2, -0.15) is 0 Å². The van der Waals surface area contributed by atoms with Crippen molar-refractivity contribution in [1.82, 2.24) is 0 Å². The molecule has 39 heavy (non-hydrogen) atoms. The van der Waals surface area contributed by atoms with Crippen molar-refractivity contribution in [1.29, 1.82) is 0 Å². The normalized spacial score (nSPS) is 11.3. The van der Waals surface area contributed by atoms with E-state index < -0.39 is 84.5 Å². The van der Waals surface area contributed by atoms with E-state index in [2.05, 4.69) is 0 Å². The first-order valence-electron chi connectivity index (χ1n) is 11.1. The summed E-state index contributed by atoms with van der Waals surface area (Å²) < 4.78 is 11.2. The third-order valence-corrected chi connectivity index (χ3v) is 6.29. The number of Topliss-reactive ketones (excluding diaryl/α,β-unsaturated/α-hetero) is 2. The van der Waals surface area contributed by atoms with Gasteiger partial charge in [-0.3, -0.25) is 19.2 Å². The number of aromatic carboxylic acids is 1. The summed E-state index contributed by atoms with van der Waals surface area (Å²) in [5.74, 6) is -6.37. The Kier molecular flexibility index (Phi) is 5.42. The molecule has 0 atom stereocenters. The Balaban J connectivity index is 2.03. The number of hydrogen-bond acceptors (Lipinski definition) is 11. The van der Waals surface area contributed by atoms with Crippen LogP contribution in [-0.4, -0.2) is 43.1 Å². The zero-order valence-electron chi connectivity index (χ0n) is 20.0. The van der Waals surface area contributed by atoms with Crippen LogP contribution >= 0.6 is 0 Å². The first kappa shape index (κ1) is 25.0. The van der Waals surface area contributed by atoms with Crippen molar-refractivity contribution in [3.63, 3.8) is 0 Å². The summed E-state index contributed by atoms with van der Waals surface area (Å²) in [6, 6.07) is 3.76. The molecule has 12 heteroatoms. The van der Waals surface area contributed by atoms with E-state index in [0.29, 0.717) is 0 Å². The van der Waals surface area contributed by atoms with Crippen LogP contribution < -0.4 is 10.9 Å². The maximum Gasteiger partial charge on any atom is 0.340 e. The number of fused-ring (bicyclic) bond motifs is 3. The van der Waals surface area contributed by atoms with E-state index in [0.717, 1.165) is 44.4 Å². The highest BCUT2D eigenvalue weighted by Crippen LogP contribution is 2.39. The van der Waals surface area contributed by atoms with Crippen LogP contribution in [0.15, 0.2) is 49.0 Å². The van der Waals surface area contributed by atoms with Crippen molar-refractivity contribution >= 4 is 50.4 Å². The van der Waals surface area contributed by atoms with Crippen molar-refractivity contribution in [2.24, 2.45) is 0 Å². The molecule has 2 heterocycles. The maximum atomic E-state index is 13.5. The van der Waals surface area contributed by atoms with Crippen LogP contribution in [0.2, 0.25) is 0 Å². The van der Waals surface area contributed by atoms with Crippen LogP contribution in [0.25, 0.3) is 44.0 Å². The highest BCUT2D eigenvalue weighted by atomic mass is 16.4. The number of carbonyl (C=O) groups excluding carboxylic acids is 2. The van der Waals surface area contributed by atoms with Crippen LogP contribution in [-0.2, 0) is 0 Å². The van der Waals surface area contributed by atoms with Gasteiger partial charge in [-0.15, -0.1) is 0 Å². The predicted octanol–water partition coefficient (Wildman–Crippen LogP) is 3.65. The predicted molar refractivity (Wildman–Crippen MR) is 135 cm³/mol. The van der Waals surface area contributed by atoms with Gasteiger partial charge in [0.1, 0.15) is 28.6 Å². The quantitative estimate of drug-likeness (QED) is 0.127. The molecule has 3 aromatic carbocycles. The summed E-state index contributed by atoms with van der Waals surface area (Å²) in [6.45, 7) is 2.19. The summed E-state index contributed by atoms with van der Waals surface area (Å²) in [6.07, 6.45) is 0.937. The van der Waals surface area contributed by atoms with E-state index in [9.17, 15) is 49.5 Å². The second-order valence-corrected chi connectivity index (χ2v) is 8.71. The molecule has 12 nitrogen and oxygen atoms in total. The minimum atomic E-state index is -1.75. The van der Waals surface area contributed by atoms with Crippen molar-refractivity contribution in [2.45, 2.75) is 13.8 Å². The van der Waals surface area contributed by atoms with Crippen LogP contribution in [0.5, 0.6) is 23.0 Å². The number of aromatic hydroxyl groups is 4. The van der Waals surface area contributed by atoms with E-state index in [-0.39, 0.29) is 27.7 Å². The molecule has 0 fully saturated rings. The molecule has 196 valence electrons. The highest BCUT2D eigenvalue weighted by molar-refractivity contribution is 6.18. The summed E-state index contributed by atoms with van der Waals surface area (Å²) in [5.41, 5.74) is -5.04. The summed E-state index contributed by atoms with van der Waals surface area (Å²) in [7, 11) is 0. The van der Waals surface area contributed by atoms with Gasteiger partial charge in [0.2, 0.25) is 10.9 Å². The number of phenolic OH excluding ortho intramolecular Hbond substituents is 3. The SMILES string of the molecule is CC(=O)c1cc2c(=O)c3c(C(=O)O)c(O)c(O)cc3oc2c(C(C)=O)c1-c1coc2cc(O)c(O)cc2c1=O. The van der Waals surface area contributed by atoms with E-state index >= 15 is 0 Å². The van der Waals surface area contributed by atoms with Crippen molar-refractivity contribution in [3.05, 3.63) is 67.7 Å². The number of phenols is 4. The first-order valence-corrected chi connectivity index (χ1v) is 11.1. The van der Waals surface area contributed by atoms with E-state index in [1.165, 1.54) is 0 Å². The smallest absolute Gasteiger partial charge is 0.340 e. The Bertz CT molecular complexity index is 2080. The number of rotatable bonds is 4. The van der Waals surface area contributed by atoms with Gasteiger partial charge in [-0.05, 0) is 26.0 Å². The van der Waals surface area contributed by atoms with Crippen molar-refractivity contribution in [2.75, 3.05) is 0 Å². The second-order valence-electron chi connectivity index (χ2n) is 8.71. The zero-order valence-corrected chi connectivity index (χ0v) is 20.0. The minimum Gasteiger partial charge on any atom is -0.504 e. The molecule has 0 saturated heterocycles. The molecular weight excluding hydrogens is 516 g/mol. The fourth-order valence-corrected chi connectivity index (χ4v) is 4.55. The number of benzene rings is 3. The van der Waals surface area contributed by atoms with Gasteiger partial charge in [0.05, 0.1) is 27.3 Å². The Labute approximate surface area is 215 Å². The van der Waals surface area contributed by atoms with Gasteiger partial charge in [0, 0.05) is 23.3 Å². The Hall–Kier alpha value is -5.65. The van der Waals surface area contributed by atoms with Crippen LogP contribution in [0.4, 0.5) is 0 Å². The standard InChI is InChI=1S/C27H16O12/c1-8(28)10-3-12-24(34)21-18(6-16(32)25(35)22(21)27(36)37)39-26(12)19(9(2)29)20(10)13-7-38-17-5-15(31)14(30)4-11(17)23(13)33/h3-7,30-32,35H,1-2H3,(H,36,37). The van der Waals surface area contributed by atoms with E-state index in [4.69, 9.17) is 8.83 Å². The van der Waals surface area contributed by atoms with Crippen LogP contribution in [0.1, 0.15) is 44.9 Å². The van der Waals surface area contributed by atoms with Crippen LogP contribution in [0, 0.1) is 0 Å². The van der Waals surface area contributed by atoms with Gasteiger partial charge < -0.3 is 34.4 Å². The molecule has 0 aliphatic carbocycles. The highest BCUT2D eigenvalue weighted by Gasteiger charge is 2.29. The molecular formula is C27H16O12. The van der Waals surface area contributed by atoms with Crippen molar-refractivity contribution in [3.8, 4) is 34.1 Å². The lowest BCUT2D eigenvalue weighted by molar-refractivity contribution is 0.0694. The average Bonchev–Trinajstić information content (AvgIpc) is 2.85. The fourth-order valence-electron chi connectivity index (χ4n) is 4.55. The minimum absolute atomic E-state index is 0.109. The third kappa shape index (κ3) is 3.57. The number of carbonyl (C=O) groups is 3. The van der Waals surface area contributed by atoms with Crippen LogP contribution in [0.3, 0.4) is 0 Å². The third-order valence-electron chi connectivity index (χ3n) is 6.29. The molecule has 0 saturated carbocycles. The summed E-state index contributed by atoms with van der Waals surface area (Å²) in [4.78, 5) is 64.5. The lowest BCUT2D eigenvalue weighted by Crippen LogP contribution is -2.15. The van der Waals surface area contributed by atoms with Gasteiger partial charge in [-0.1, -0.05) is 0 Å². The first-order chi connectivity index (χ1) is 18.3. The van der Waals surface area contributed by atoms with Gasteiger partial charge in [0.15, 0.2) is 34.6 Å². The summed E-state index contributed by atoms with van der Waals surface area (Å²) in [5, 5.41) is 48.1. The number of ketones is 2. The fraction of sp³-hybridized carbons (Fsp3) is 0.0741. The van der Waals surface area contributed by atoms with Gasteiger partial charge in [0.25, 0.3) is 0 Å². The lowest BCUT2D eigenvalue weighted by Gasteiger charge is -2.15. The number of carboxylic acids is 1. The summed E-state index contributed by atoms with van der Waals surface area (Å²) >= 11 is 0. The van der Waals surface area contributed by atoms with Gasteiger partial charge >= 0.3 is 5.97 Å². The largest absolute Gasteiger partial charge is 0.504 e. The topological polar surface area (TPSA) is 213 Å². The molecule has 5 rings (SSSR count). The molecule has 5 aromatic rings. The van der Waals surface area contributed by atoms with E-state index in [1.54, 1.807) is 0 Å². The van der Waals surface area contributed by atoms with Gasteiger partial charge in [-0.25, -0.2) is 4.79 Å². The Morgan fingerprint density at radius 2 is 1.38 bits per heavy atom. The van der Waals surface area contributed by atoms with E-state index in [1.807, 2.05) is 0 Å². The Morgan fingerprint density at radius 1 is 0.744 bits per heavy atom. The molecule has 0 amide bonds. The molecule has 0 bridgehead atoms. The average molecular weight is 532 g/mol.